The van der Waals surface area contributed by atoms with Crippen molar-refractivity contribution in [2.75, 3.05) is 38.2 Å². The van der Waals surface area contributed by atoms with Crippen LogP contribution in [0.25, 0.3) is 0 Å². The van der Waals surface area contributed by atoms with Gasteiger partial charge in [0, 0.05) is 37.3 Å². The van der Waals surface area contributed by atoms with E-state index < -0.39 is 0 Å². The summed E-state index contributed by atoms with van der Waals surface area (Å²) in [6.07, 6.45) is 4.00. The Hall–Kier alpha value is -2.03. The molecule has 0 atom stereocenters. The molecule has 1 aromatic carbocycles. The van der Waals surface area contributed by atoms with E-state index in [2.05, 4.69) is 59.5 Å². The summed E-state index contributed by atoms with van der Waals surface area (Å²) in [6.45, 7) is 10.1. The summed E-state index contributed by atoms with van der Waals surface area (Å²) in [5.74, 6) is 2.84. The molecule has 0 saturated carbocycles. The zero-order valence-electron chi connectivity index (χ0n) is 19.1. The first-order valence-corrected chi connectivity index (χ1v) is 10.9. The van der Waals surface area contributed by atoms with Crippen LogP contribution in [-0.4, -0.2) is 50.3 Å². The van der Waals surface area contributed by atoms with Crippen LogP contribution in [0, 0.1) is 0 Å². The maximum atomic E-state index is 5.39. The molecule has 2 N–H and O–H groups in total. The maximum Gasteiger partial charge on any atom is 0.191 e. The lowest BCUT2D eigenvalue weighted by Gasteiger charge is -2.34. The number of hydrogen-bond acceptors (Lipinski definition) is 4. The van der Waals surface area contributed by atoms with Gasteiger partial charge in [-0.3, -0.25) is 4.99 Å². The Morgan fingerprint density at radius 1 is 1.19 bits per heavy atom. The lowest BCUT2D eigenvalue weighted by Crippen LogP contribution is -2.49. The van der Waals surface area contributed by atoms with E-state index in [-0.39, 0.29) is 29.4 Å². The average Bonchev–Trinajstić information content (AvgIpc) is 2.79. The van der Waals surface area contributed by atoms with E-state index in [0.29, 0.717) is 12.6 Å². The topological polar surface area (TPSA) is 61.8 Å². The maximum absolute atomic E-state index is 5.39. The number of nitrogens with one attached hydrogen (secondary N) is 2. The van der Waals surface area contributed by atoms with Crippen LogP contribution in [0.4, 0.5) is 5.82 Å². The van der Waals surface area contributed by atoms with Gasteiger partial charge >= 0.3 is 0 Å². The second-order valence-electron chi connectivity index (χ2n) is 8.40. The Morgan fingerprint density at radius 2 is 1.97 bits per heavy atom. The third-order valence-electron chi connectivity index (χ3n) is 5.64. The molecule has 1 aliphatic rings. The number of anilines is 1. The fourth-order valence-corrected chi connectivity index (χ4v) is 3.72. The summed E-state index contributed by atoms with van der Waals surface area (Å²) in [6, 6.07) is 14.8. The van der Waals surface area contributed by atoms with Crippen molar-refractivity contribution < 1.29 is 4.74 Å². The Kier molecular flexibility index (Phi) is 9.87. The summed E-state index contributed by atoms with van der Waals surface area (Å²) in [4.78, 5) is 11.7. The zero-order chi connectivity index (χ0) is 21.4. The Balaban J connectivity index is 0.00000341. The molecule has 0 spiro atoms. The van der Waals surface area contributed by atoms with Crippen LogP contribution in [-0.2, 0) is 5.41 Å². The third kappa shape index (κ3) is 7.26. The lowest BCUT2D eigenvalue weighted by atomic mass is 9.84. The number of pyridine rings is 1. The van der Waals surface area contributed by atoms with Gasteiger partial charge in [0.2, 0.25) is 0 Å². The van der Waals surface area contributed by atoms with Gasteiger partial charge in [-0.05, 0) is 49.6 Å². The fourth-order valence-electron chi connectivity index (χ4n) is 3.72. The number of benzene rings is 1. The van der Waals surface area contributed by atoms with E-state index in [0.717, 1.165) is 50.0 Å². The number of halogens is 1. The van der Waals surface area contributed by atoms with Crippen LogP contribution in [0.3, 0.4) is 0 Å². The molecule has 31 heavy (non-hydrogen) atoms. The van der Waals surface area contributed by atoms with Crippen LogP contribution in [0.1, 0.15) is 39.2 Å². The first kappa shape index (κ1) is 25.2. The van der Waals surface area contributed by atoms with Crippen molar-refractivity contribution >= 4 is 35.8 Å². The van der Waals surface area contributed by atoms with Gasteiger partial charge in [0.25, 0.3) is 0 Å². The molecule has 0 amide bonds. The molecule has 1 fully saturated rings. The molecule has 6 nitrogen and oxygen atoms in total. The number of aromatic nitrogens is 1. The van der Waals surface area contributed by atoms with E-state index in [1.54, 1.807) is 7.11 Å². The molecule has 7 heteroatoms. The number of nitrogens with zero attached hydrogens (tertiary/aromatic N) is 3. The molecule has 2 aromatic rings. The standard InChI is InChI=1S/C24H35N5O.HI/c1-5-25-23(27-18-24(2,3)19-9-8-10-21(17-19)30-4)28-20-12-15-29(16-13-20)22-11-6-7-14-26-22;/h6-11,14,17,20H,5,12-13,15-16,18H2,1-4H3,(H2,25,27,28);1H. The molecule has 2 heterocycles. The van der Waals surface area contributed by atoms with Crippen LogP contribution in [0.15, 0.2) is 53.7 Å². The highest BCUT2D eigenvalue weighted by atomic mass is 127. The molecule has 0 bridgehead atoms. The molecule has 0 radical (unpaired) electrons. The minimum atomic E-state index is -0.0841. The van der Waals surface area contributed by atoms with E-state index in [9.17, 15) is 0 Å². The van der Waals surface area contributed by atoms with E-state index in [1.807, 2.05) is 30.5 Å². The van der Waals surface area contributed by atoms with Gasteiger partial charge in [-0.1, -0.05) is 32.0 Å². The Labute approximate surface area is 203 Å². The highest BCUT2D eigenvalue weighted by Gasteiger charge is 2.23. The summed E-state index contributed by atoms with van der Waals surface area (Å²) in [5, 5.41) is 7.05. The summed E-state index contributed by atoms with van der Waals surface area (Å²) in [5.41, 5.74) is 1.14. The Bertz CT molecular complexity index is 820. The predicted molar refractivity (Wildman–Crippen MR) is 140 cm³/mol. The van der Waals surface area contributed by atoms with Crippen molar-refractivity contribution in [2.45, 2.75) is 45.1 Å². The number of methoxy groups -OCH3 is 1. The fraction of sp³-hybridized carbons (Fsp3) is 0.500. The molecule has 0 aliphatic carbocycles. The second-order valence-corrected chi connectivity index (χ2v) is 8.40. The first-order valence-electron chi connectivity index (χ1n) is 10.9. The second kappa shape index (κ2) is 12.1. The number of guanidine groups is 1. The lowest BCUT2D eigenvalue weighted by molar-refractivity contribution is 0.412. The van der Waals surface area contributed by atoms with Crippen molar-refractivity contribution in [3.05, 3.63) is 54.2 Å². The van der Waals surface area contributed by atoms with Gasteiger partial charge in [0.15, 0.2) is 5.96 Å². The average molecular weight is 537 g/mol. The van der Waals surface area contributed by atoms with Gasteiger partial charge in [0.1, 0.15) is 11.6 Å². The SMILES string of the molecule is CCNC(=NCC(C)(C)c1cccc(OC)c1)NC1CCN(c2ccccn2)CC1.I. The molecule has 1 aromatic heterocycles. The first-order chi connectivity index (χ1) is 14.5. The van der Waals surface area contributed by atoms with Crippen LogP contribution in [0.2, 0.25) is 0 Å². The number of ether oxygens (including phenoxy) is 1. The van der Waals surface area contributed by atoms with Gasteiger partial charge in [-0.25, -0.2) is 4.98 Å². The van der Waals surface area contributed by atoms with Crippen molar-refractivity contribution in [3.8, 4) is 5.75 Å². The zero-order valence-corrected chi connectivity index (χ0v) is 21.4. The van der Waals surface area contributed by atoms with Crippen molar-refractivity contribution in [3.63, 3.8) is 0 Å². The summed E-state index contributed by atoms with van der Waals surface area (Å²) < 4.78 is 5.39. The van der Waals surface area contributed by atoms with E-state index >= 15 is 0 Å². The largest absolute Gasteiger partial charge is 0.497 e. The number of aliphatic imine (C=N–C) groups is 1. The number of piperidine rings is 1. The van der Waals surface area contributed by atoms with Gasteiger partial charge in [-0.2, -0.15) is 0 Å². The normalized spacial score (nSPS) is 15.2. The molecule has 0 unspecified atom stereocenters. The van der Waals surface area contributed by atoms with Crippen molar-refractivity contribution in [2.24, 2.45) is 4.99 Å². The van der Waals surface area contributed by atoms with E-state index in [4.69, 9.17) is 9.73 Å². The van der Waals surface area contributed by atoms with Crippen LogP contribution < -0.4 is 20.3 Å². The molecule has 1 aliphatic heterocycles. The minimum Gasteiger partial charge on any atom is -0.497 e. The van der Waals surface area contributed by atoms with Crippen molar-refractivity contribution in [1.29, 1.82) is 0 Å². The Morgan fingerprint density at radius 3 is 2.61 bits per heavy atom. The number of hydrogen-bond donors (Lipinski definition) is 2. The summed E-state index contributed by atoms with van der Waals surface area (Å²) in [7, 11) is 1.70. The highest BCUT2D eigenvalue weighted by Crippen LogP contribution is 2.26. The molecule has 170 valence electrons. The quantitative estimate of drug-likeness (QED) is 0.315. The van der Waals surface area contributed by atoms with Crippen LogP contribution in [0.5, 0.6) is 5.75 Å². The summed E-state index contributed by atoms with van der Waals surface area (Å²) >= 11 is 0. The highest BCUT2D eigenvalue weighted by molar-refractivity contribution is 14.0. The molecular formula is C24H36IN5O. The third-order valence-corrected chi connectivity index (χ3v) is 5.64. The van der Waals surface area contributed by atoms with Gasteiger partial charge in [0.05, 0.1) is 13.7 Å². The predicted octanol–water partition coefficient (Wildman–Crippen LogP) is 4.21. The van der Waals surface area contributed by atoms with Gasteiger partial charge < -0.3 is 20.3 Å². The van der Waals surface area contributed by atoms with E-state index in [1.165, 1.54) is 5.56 Å². The monoisotopic (exact) mass is 537 g/mol. The molecule has 1 saturated heterocycles. The minimum absolute atomic E-state index is 0. The molecule has 3 rings (SSSR count). The van der Waals surface area contributed by atoms with Crippen molar-refractivity contribution in [1.82, 2.24) is 15.6 Å². The smallest absolute Gasteiger partial charge is 0.191 e. The molecular weight excluding hydrogens is 501 g/mol. The van der Waals surface area contributed by atoms with Gasteiger partial charge in [-0.15, -0.1) is 24.0 Å². The van der Waals surface area contributed by atoms with Crippen LogP contribution >= 0.6 is 24.0 Å². The number of rotatable bonds is 7.